The van der Waals surface area contributed by atoms with Crippen LogP contribution in [0.15, 0.2) is 42.5 Å². The lowest BCUT2D eigenvalue weighted by atomic mass is 10.1. The molecule has 1 aliphatic heterocycles. The molecule has 0 atom stereocenters. The second-order valence-electron chi connectivity index (χ2n) is 6.12. The highest BCUT2D eigenvalue weighted by Crippen LogP contribution is 2.30. The van der Waals surface area contributed by atoms with E-state index in [1.165, 1.54) is 5.69 Å². The minimum atomic E-state index is 0.0179. The molecule has 5 heteroatoms. The average Bonchev–Trinajstić information content (AvgIpc) is 2.68. The van der Waals surface area contributed by atoms with Gasteiger partial charge in [0.15, 0.2) is 0 Å². The van der Waals surface area contributed by atoms with Crippen LogP contribution in [0.3, 0.4) is 0 Å². The number of methoxy groups -OCH3 is 2. The van der Waals surface area contributed by atoms with Crippen molar-refractivity contribution in [2.24, 2.45) is 0 Å². The minimum absolute atomic E-state index is 0.0179. The summed E-state index contributed by atoms with van der Waals surface area (Å²) in [5.74, 6) is 1.36. The number of para-hydroxylation sites is 1. The highest BCUT2D eigenvalue weighted by molar-refractivity contribution is 5.95. The van der Waals surface area contributed by atoms with E-state index in [0.717, 1.165) is 18.7 Å². The first-order valence-electron chi connectivity index (χ1n) is 8.46. The Morgan fingerprint density at radius 1 is 0.920 bits per heavy atom. The molecule has 0 saturated carbocycles. The Bertz CT molecular complexity index is 713. The predicted octanol–water partition coefficient (Wildman–Crippen LogP) is 2.97. The first kappa shape index (κ1) is 17.1. The van der Waals surface area contributed by atoms with E-state index < -0.39 is 0 Å². The van der Waals surface area contributed by atoms with E-state index in [0.29, 0.717) is 30.2 Å². The molecule has 1 heterocycles. The van der Waals surface area contributed by atoms with E-state index in [4.69, 9.17) is 9.47 Å². The third-order valence-electron chi connectivity index (χ3n) is 4.69. The molecule has 3 rings (SSSR count). The van der Waals surface area contributed by atoms with Crippen LogP contribution in [-0.2, 0) is 0 Å². The summed E-state index contributed by atoms with van der Waals surface area (Å²) in [6.07, 6.45) is 0. The number of nitrogens with zero attached hydrogens (tertiary/aromatic N) is 2. The second-order valence-corrected chi connectivity index (χ2v) is 6.12. The number of carbonyl (C=O) groups excluding carboxylic acids is 1. The zero-order valence-corrected chi connectivity index (χ0v) is 15.0. The zero-order chi connectivity index (χ0) is 17.8. The van der Waals surface area contributed by atoms with Gasteiger partial charge in [-0.15, -0.1) is 0 Å². The molecule has 5 nitrogen and oxygen atoms in total. The summed E-state index contributed by atoms with van der Waals surface area (Å²) in [5, 5.41) is 0. The smallest absolute Gasteiger partial charge is 0.254 e. The molecular formula is C20H24N2O3. The van der Waals surface area contributed by atoms with Gasteiger partial charge in [0.2, 0.25) is 0 Å². The van der Waals surface area contributed by atoms with Gasteiger partial charge in [-0.3, -0.25) is 4.79 Å². The van der Waals surface area contributed by atoms with Crippen LogP contribution in [0.25, 0.3) is 0 Å². The van der Waals surface area contributed by atoms with Crippen molar-refractivity contribution in [2.45, 2.75) is 6.92 Å². The van der Waals surface area contributed by atoms with Crippen molar-refractivity contribution >= 4 is 11.6 Å². The summed E-state index contributed by atoms with van der Waals surface area (Å²) in [7, 11) is 3.21. The fourth-order valence-electron chi connectivity index (χ4n) is 3.20. The average molecular weight is 340 g/mol. The van der Waals surface area contributed by atoms with Gasteiger partial charge in [0.05, 0.1) is 14.2 Å². The maximum absolute atomic E-state index is 12.9. The molecule has 0 bridgehead atoms. The monoisotopic (exact) mass is 340 g/mol. The lowest BCUT2D eigenvalue weighted by molar-refractivity contribution is 0.0746. The number of rotatable bonds is 4. The van der Waals surface area contributed by atoms with Crippen molar-refractivity contribution in [1.82, 2.24) is 4.90 Å². The molecule has 0 spiro atoms. The highest BCUT2D eigenvalue weighted by atomic mass is 16.5. The Kier molecular flexibility index (Phi) is 5.12. The van der Waals surface area contributed by atoms with Gasteiger partial charge in [0.25, 0.3) is 5.91 Å². The van der Waals surface area contributed by atoms with E-state index >= 15 is 0 Å². The van der Waals surface area contributed by atoms with Gasteiger partial charge >= 0.3 is 0 Å². The van der Waals surface area contributed by atoms with E-state index in [1.54, 1.807) is 26.4 Å². The van der Waals surface area contributed by atoms with Crippen molar-refractivity contribution in [3.63, 3.8) is 0 Å². The second kappa shape index (κ2) is 7.47. The summed E-state index contributed by atoms with van der Waals surface area (Å²) in [5.41, 5.74) is 2.70. The molecular weight excluding hydrogens is 316 g/mol. The number of ether oxygens (including phenoxy) is 2. The van der Waals surface area contributed by atoms with Crippen LogP contribution in [0, 0.1) is 6.92 Å². The number of anilines is 1. The Morgan fingerprint density at radius 2 is 1.48 bits per heavy atom. The predicted molar refractivity (Wildman–Crippen MR) is 98.8 cm³/mol. The maximum Gasteiger partial charge on any atom is 0.254 e. The number of piperazine rings is 1. The van der Waals surface area contributed by atoms with Gasteiger partial charge in [-0.25, -0.2) is 0 Å². The molecule has 25 heavy (non-hydrogen) atoms. The van der Waals surface area contributed by atoms with Gasteiger partial charge in [0.1, 0.15) is 11.5 Å². The van der Waals surface area contributed by atoms with Crippen LogP contribution in [-0.4, -0.2) is 51.2 Å². The van der Waals surface area contributed by atoms with Crippen LogP contribution < -0.4 is 14.4 Å². The molecule has 1 amide bonds. The van der Waals surface area contributed by atoms with E-state index in [9.17, 15) is 4.79 Å². The van der Waals surface area contributed by atoms with Crippen molar-refractivity contribution in [3.8, 4) is 11.5 Å². The van der Waals surface area contributed by atoms with Crippen LogP contribution in [0.1, 0.15) is 15.9 Å². The highest BCUT2D eigenvalue weighted by Gasteiger charge is 2.23. The summed E-state index contributed by atoms with van der Waals surface area (Å²) in [4.78, 5) is 17.1. The Morgan fingerprint density at radius 3 is 2.00 bits per heavy atom. The molecule has 1 aliphatic rings. The van der Waals surface area contributed by atoms with Crippen molar-refractivity contribution in [2.75, 3.05) is 45.3 Å². The molecule has 0 unspecified atom stereocenters. The third kappa shape index (κ3) is 3.55. The first-order chi connectivity index (χ1) is 12.1. The topological polar surface area (TPSA) is 42.0 Å². The number of benzene rings is 2. The fourth-order valence-corrected chi connectivity index (χ4v) is 3.20. The van der Waals surface area contributed by atoms with Crippen LogP contribution in [0.2, 0.25) is 0 Å². The van der Waals surface area contributed by atoms with Crippen LogP contribution in [0.4, 0.5) is 5.69 Å². The first-order valence-corrected chi connectivity index (χ1v) is 8.46. The lowest BCUT2D eigenvalue weighted by Crippen LogP contribution is -2.48. The molecule has 0 aromatic heterocycles. The molecule has 0 N–H and O–H groups in total. The standard InChI is InChI=1S/C20H24N2O3/c1-15-18(24-2)13-16(14-19(15)25-3)20(23)22-11-9-21(10-12-22)17-7-5-4-6-8-17/h4-8,13-14H,9-12H2,1-3H3. The van der Waals surface area contributed by atoms with Crippen molar-refractivity contribution in [3.05, 3.63) is 53.6 Å². The fraction of sp³-hybridized carbons (Fsp3) is 0.350. The molecule has 1 fully saturated rings. The minimum Gasteiger partial charge on any atom is -0.496 e. The van der Waals surface area contributed by atoms with E-state index in [2.05, 4.69) is 17.0 Å². The van der Waals surface area contributed by atoms with E-state index in [1.807, 2.05) is 30.0 Å². The Hall–Kier alpha value is -2.69. The Labute approximate surface area is 148 Å². The summed E-state index contributed by atoms with van der Waals surface area (Å²) in [6.45, 7) is 4.98. The van der Waals surface area contributed by atoms with Gasteiger partial charge < -0.3 is 19.3 Å². The summed E-state index contributed by atoms with van der Waals surface area (Å²) >= 11 is 0. The van der Waals surface area contributed by atoms with Crippen molar-refractivity contribution < 1.29 is 14.3 Å². The van der Waals surface area contributed by atoms with Crippen molar-refractivity contribution in [1.29, 1.82) is 0 Å². The Balaban J connectivity index is 1.72. The summed E-state index contributed by atoms with van der Waals surface area (Å²) < 4.78 is 10.8. The number of carbonyl (C=O) groups is 1. The molecule has 132 valence electrons. The molecule has 2 aromatic rings. The maximum atomic E-state index is 12.9. The molecule has 1 saturated heterocycles. The largest absolute Gasteiger partial charge is 0.496 e. The van der Waals surface area contributed by atoms with Gasteiger partial charge in [0, 0.05) is 43.0 Å². The zero-order valence-electron chi connectivity index (χ0n) is 15.0. The van der Waals surface area contributed by atoms with Gasteiger partial charge in [-0.2, -0.15) is 0 Å². The quantitative estimate of drug-likeness (QED) is 0.858. The summed E-state index contributed by atoms with van der Waals surface area (Å²) in [6, 6.07) is 13.9. The van der Waals surface area contributed by atoms with E-state index in [-0.39, 0.29) is 5.91 Å². The molecule has 0 radical (unpaired) electrons. The van der Waals surface area contributed by atoms with Crippen LogP contribution in [0.5, 0.6) is 11.5 Å². The number of amides is 1. The van der Waals surface area contributed by atoms with Crippen LogP contribution >= 0.6 is 0 Å². The van der Waals surface area contributed by atoms with Gasteiger partial charge in [-0.05, 0) is 31.2 Å². The number of hydrogen-bond donors (Lipinski definition) is 0. The third-order valence-corrected chi connectivity index (χ3v) is 4.69. The molecule has 0 aliphatic carbocycles. The number of hydrogen-bond acceptors (Lipinski definition) is 4. The normalized spacial score (nSPS) is 14.4. The van der Waals surface area contributed by atoms with Gasteiger partial charge in [-0.1, -0.05) is 18.2 Å². The lowest BCUT2D eigenvalue weighted by Gasteiger charge is -2.36. The molecule has 2 aromatic carbocycles. The SMILES string of the molecule is COc1cc(C(=O)N2CCN(c3ccccc3)CC2)cc(OC)c1C.